The first-order valence-electron chi connectivity index (χ1n) is 7.71. The fourth-order valence-electron chi connectivity index (χ4n) is 2.61. The van der Waals surface area contributed by atoms with Crippen LogP contribution in [-0.4, -0.2) is 4.32 Å². The molecule has 0 spiro atoms. The topological polar surface area (TPSA) is 0 Å². The first-order chi connectivity index (χ1) is 9.53. The lowest BCUT2D eigenvalue weighted by Gasteiger charge is -2.43. The van der Waals surface area contributed by atoms with E-state index in [-0.39, 0.29) is 15.2 Å². The second-order valence-corrected chi connectivity index (χ2v) is 9.59. The van der Waals surface area contributed by atoms with Crippen LogP contribution >= 0.6 is 15.9 Å². The fraction of sp³-hybridized carbons (Fsp3) is 0.500. The van der Waals surface area contributed by atoms with Gasteiger partial charge in [-0.05, 0) is 34.0 Å². The number of hydrogen-bond donors (Lipinski definition) is 0. The van der Waals surface area contributed by atoms with Crippen molar-refractivity contribution in [3.63, 3.8) is 0 Å². The largest absolute Gasteiger partial charge is 0.0798 e. The van der Waals surface area contributed by atoms with Gasteiger partial charge in [0.05, 0.1) is 4.32 Å². The SMILES string of the molecule is CC(C)(C)C1=CC(Br)(C(C)(C)C)CC(c2ccccc2)=C1. The third-order valence-corrected chi connectivity index (χ3v) is 6.12. The molecule has 1 aliphatic carbocycles. The van der Waals surface area contributed by atoms with Crippen LogP contribution in [0.3, 0.4) is 0 Å². The average Bonchev–Trinajstić information content (AvgIpc) is 2.37. The van der Waals surface area contributed by atoms with Gasteiger partial charge in [-0.3, -0.25) is 0 Å². The van der Waals surface area contributed by atoms with Gasteiger partial charge in [0.25, 0.3) is 0 Å². The molecule has 0 N–H and O–H groups in total. The molecule has 0 aliphatic heterocycles. The summed E-state index contributed by atoms with van der Waals surface area (Å²) in [5.41, 5.74) is 4.50. The molecule has 0 aromatic heterocycles. The molecule has 1 unspecified atom stereocenters. The smallest absolute Gasteiger partial charge is 0.0531 e. The van der Waals surface area contributed by atoms with E-state index in [2.05, 4.69) is 100.0 Å². The monoisotopic (exact) mass is 346 g/mol. The zero-order valence-electron chi connectivity index (χ0n) is 14.1. The Kier molecular flexibility index (Phi) is 4.28. The van der Waals surface area contributed by atoms with Crippen molar-refractivity contribution in [2.24, 2.45) is 10.8 Å². The third kappa shape index (κ3) is 3.51. The van der Waals surface area contributed by atoms with E-state index in [4.69, 9.17) is 0 Å². The third-order valence-electron chi connectivity index (χ3n) is 4.42. The van der Waals surface area contributed by atoms with E-state index in [0.717, 1.165) is 6.42 Å². The van der Waals surface area contributed by atoms with Crippen molar-refractivity contribution in [1.29, 1.82) is 0 Å². The van der Waals surface area contributed by atoms with Gasteiger partial charge >= 0.3 is 0 Å². The van der Waals surface area contributed by atoms with Gasteiger partial charge in [-0.25, -0.2) is 0 Å². The quantitative estimate of drug-likeness (QED) is 0.500. The molecule has 0 heterocycles. The normalized spacial score (nSPS) is 23.6. The van der Waals surface area contributed by atoms with Crippen LogP contribution in [0, 0.1) is 10.8 Å². The van der Waals surface area contributed by atoms with E-state index in [1.54, 1.807) is 0 Å². The predicted molar refractivity (Wildman–Crippen MR) is 97.7 cm³/mol. The van der Waals surface area contributed by atoms with Crippen LogP contribution in [0.2, 0.25) is 0 Å². The molecule has 0 bridgehead atoms. The van der Waals surface area contributed by atoms with Crippen LogP contribution in [0.1, 0.15) is 53.5 Å². The predicted octanol–water partition coefficient (Wildman–Crippen LogP) is 6.63. The molecule has 1 aliphatic rings. The maximum Gasteiger partial charge on any atom is 0.0531 e. The van der Waals surface area contributed by atoms with Crippen LogP contribution in [0.4, 0.5) is 0 Å². The Balaban J connectivity index is 2.54. The number of halogens is 1. The zero-order valence-corrected chi connectivity index (χ0v) is 15.7. The van der Waals surface area contributed by atoms with Crippen molar-refractivity contribution in [2.45, 2.75) is 52.3 Å². The average molecular weight is 347 g/mol. The summed E-state index contributed by atoms with van der Waals surface area (Å²) in [7, 11) is 0. The minimum absolute atomic E-state index is 0.00252. The van der Waals surface area contributed by atoms with Crippen molar-refractivity contribution in [3.8, 4) is 0 Å². The molecule has 0 saturated heterocycles. The molecule has 0 amide bonds. The van der Waals surface area contributed by atoms with E-state index < -0.39 is 0 Å². The molecular weight excluding hydrogens is 320 g/mol. The maximum absolute atomic E-state index is 4.07. The summed E-state index contributed by atoms with van der Waals surface area (Å²) < 4.78 is 0.00252. The number of benzene rings is 1. The van der Waals surface area contributed by atoms with Crippen LogP contribution in [-0.2, 0) is 0 Å². The van der Waals surface area contributed by atoms with E-state index in [1.165, 1.54) is 16.7 Å². The Labute approximate surface area is 138 Å². The first-order valence-corrected chi connectivity index (χ1v) is 8.50. The Hall–Kier alpha value is -0.820. The van der Waals surface area contributed by atoms with Gasteiger partial charge in [0.15, 0.2) is 0 Å². The molecule has 2 rings (SSSR count). The molecule has 0 fully saturated rings. The summed E-state index contributed by atoms with van der Waals surface area (Å²) >= 11 is 4.07. The molecule has 1 heteroatoms. The van der Waals surface area contributed by atoms with Gasteiger partial charge in [0.2, 0.25) is 0 Å². The number of rotatable bonds is 1. The zero-order chi connectivity index (χ0) is 15.9. The molecular formula is C20H27Br. The number of hydrogen-bond acceptors (Lipinski definition) is 0. The first kappa shape index (κ1) is 16.5. The summed E-state index contributed by atoms with van der Waals surface area (Å²) in [6.45, 7) is 13.8. The van der Waals surface area contributed by atoms with Crippen molar-refractivity contribution in [1.82, 2.24) is 0 Å². The lowest BCUT2D eigenvalue weighted by Crippen LogP contribution is -2.37. The second-order valence-electron chi connectivity index (χ2n) is 8.17. The summed E-state index contributed by atoms with van der Waals surface area (Å²) in [5.74, 6) is 0. The number of allylic oxidation sites excluding steroid dienone is 4. The van der Waals surface area contributed by atoms with E-state index in [9.17, 15) is 0 Å². The molecule has 0 nitrogen and oxygen atoms in total. The highest BCUT2D eigenvalue weighted by atomic mass is 79.9. The summed E-state index contributed by atoms with van der Waals surface area (Å²) in [6.07, 6.45) is 5.86. The fourth-order valence-corrected chi connectivity index (χ4v) is 3.16. The van der Waals surface area contributed by atoms with Crippen molar-refractivity contribution in [2.75, 3.05) is 0 Å². The van der Waals surface area contributed by atoms with Crippen molar-refractivity contribution < 1.29 is 0 Å². The Morgan fingerprint density at radius 2 is 1.52 bits per heavy atom. The molecule has 114 valence electrons. The van der Waals surface area contributed by atoms with Gasteiger partial charge in [-0.15, -0.1) is 0 Å². The molecule has 1 aromatic carbocycles. The van der Waals surface area contributed by atoms with E-state index in [0.29, 0.717) is 0 Å². The van der Waals surface area contributed by atoms with Crippen LogP contribution < -0.4 is 0 Å². The van der Waals surface area contributed by atoms with Gasteiger partial charge in [-0.1, -0.05) is 100.0 Å². The molecule has 1 atom stereocenters. The van der Waals surface area contributed by atoms with E-state index in [1.807, 2.05) is 0 Å². The highest BCUT2D eigenvalue weighted by Crippen LogP contribution is 2.51. The lowest BCUT2D eigenvalue weighted by molar-refractivity contribution is 0.332. The second kappa shape index (κ2) is 5.43. The Morgan fingerprint density at radius 3 is 2.00 bits per heavy atom. The Morgan fingerprint density at radius 1 is 0.952 bits per heavy atom. The molecule has 0 radical (unpaired) electrons. The maximum atomic E-state index is 4.07. The minimum Gasteiger partial charge on any atom is -0.0798 e. The minimum atomic E-state index is 0.00252. The lowest BCUT2D eigenvalue weighted by atomic mass is 9.69. The Bertz CT molecular complexity index is 564. The van der Waals surface area contributed by atoms with Crippen LogP contribution in [0.25, 0.3) is 5.57 Å². The van der Waals surface area contributed by atoms with Crippen LogP contribution in [0.15, 0.2) is 48.1 Å². The summed E-state index contributed by atoms with van der Waals surface area (Å²) in [5, 5.41) is 0. The summed E-state index contributed by atoms with van der Waals surface area (Å²) in [6, 6.07) is 10.8. The van der Waals surface area contributed by atoms with Crippen molar-refractivity contribution in [3.05, 3.63) is 53.6 Å². The summed E-state index contributed by atoms with van der Waals surface area (Å²) in [4.78, 5) is 0. The van der Waals surface area contributed by atoms with E-state index >= 15 is 0 Å². The highest BCUT2D eigenvalue weighted by molar-refractivity contribution is 9.10. The standard InChI is InChI=1S/C20H27Br/c1-18(2,3)17-12-16(15-10-8-7-9-11-15)13-20(21,14-17)19(4,5)6/h7-12,14H,13H2,1-6H3. The van der Waals surface area contributed by atoms with Crippen LogP contribution in [0.5, 0.6) is 0 Å². The van der Waals surface area contributed by atoms with Crippen molar-refractivity contribution >= 4 is 21.5 Å². The highest BCUT2D eigenvalue weighted by Gasteiger charge is 2.41. The van der Waals surface area contributed by atoms with Gasteiger partial charge in [-0.2, -0.15) is 0 Å². The molecule has 0 saturated carbocycles. The van der Waals surface area contributed by atoms with Gasteiger partial charge < -0.3 is 0 Å². The van der Waals surface area contributed by atoms with Gasteiger partial charge in [0.1, 0.15) is 0 Å². The molecule has 21 heavy (non-hydrogen) atoms. The molecule has 1 aromatic rings. The number of alkyl halides is 1. The van der Waals surface area contributed by atoms with Gasteiger partial charge in [0, 0.05) is 0 Å².